The molecule has 1 heterocycles. The summed E-state index contributed by atoms with van der Waals surface area (Å²) in [5, 5.41) is 3.92. The molecular formula is C17H17Cl2N3O3S. The third-order valence-corrected chi connectivity index (χ3v) is 5.22. The fraction of sp³-hybridized carbons (Fsp3) is 0.353. The van der Waals surface area contributed by atoms with E-state index >= 15 is 0 Å². The van der Waals surface area contributed by atoms with Gasteiger partial charge in [-0.05, 0) is 18.4 Å². The number of nitrogens with one attached hydrogen (secondary N) is 1. The van der Waals surface area contributed by atoms with Crippen molar-refractivity contribution in [1.82, 2.24) is 9.97 Å². The van der Waals surface area contributed by atoms with E-state index in [4.69, 9.17) is 32.7 Å². The summed E-state index contributed by atoms with van der Waals surface area (Å²) in [6, 6.07) is 4.99. The molecule has 9 heteroatoms. The number of methoxy groups -OCH3 is 1. The molecule has 1 aromatic carbocycles. The summed E-state index contributed by atoms with van der Waals surface area (Å²) >= 11 is 13.6. The second-order valence-electron chi connectivity index (χ2n) is 5.70. The lowest BCUT2D eigenvalue weighted by Crippen LogP contribution is -2.39. The van der Waals surface area contributed by atoms with Crippen molar-refractivity contribution in [2.75, 3.05) is 18.7 Å². The summed E-state index contributed by atoms with van der Waals surface area (Å²) in [6.45, 7) is 0. The molecule has 1 aliphatic carbocycles. The van der Waals surface area contributed by atoms with Crippen LogP contribution in [0.25, 0.3) is 0 Å². The Kier molecular flexibility index (Phi) is 6.24. The van der Waals surface area contributed by atoms with Crippen molar-refractivity contribution in [1.29, 1.82) is 0 Å². The van der Waals surface area contributed by atoms with Crippen LogP contribution in [0.3, 0.4) is 0 Å². The summed E-state index contributed by atoms with van der Waals surface area (Å²) in [5.74, 6) is -0.199. The molecule has 3 rings (SSSR count). The lowest BCUT2D eigenvalue weighted by Gasteiger charge is -2.34. The summed E-state index contributed by atoms with van der Waals surface area (Å²) in [5.41, 5.74) is 0.559. The van der Waals surface area contributed by atoms with Crippen LogP contribution in [0.1, 0.15) is 23.2 Å². The number of carbonyl (C=O) groups excluding carboxylic acids is 1. The Balaban J connectivity index is 1.82. The van der Waals surface area contributed by atoms with E-state index in [0.717, 1.165) is 12.8 Å². The molecule has 0 atom stereocenters. The molecule has 1 saturated carbocycles. The van der Waals surface area contributed by atoms with Gasteiger partial charge in [0.1, 0.15) is 11.7 Å². The van der Waals surface area contributed by atoms with Gasteiger partial charge in [0.2, 0.25) is 5.88 Å². The molecule has 1 aliphatic rings. The summed E-state index contributed by atoms with van der Waals surface area (Å²) in [6.07, 6.45) is 4.95. The molecule has 0 radical (unpaired) electrons. The maximum absolute atomic E-state index is 12.7. The number of amides is 1. The number of thioether (sulfide) groups is 1. The normalized spacial score (nSPS) is 18.9. The lowest BCUT2D eigenvalue weighted by molar-refractivity contribution is -0.0400. The lowest BCUT2D eigenvalue weighted by atomic mass is 9.92. The monoisotopic (exact) mass is 413 g/mol. The van der Waals surface area contributed by atoms with Gasteiger partial charge in [-0.2, -0.15) is 4.98 Å². The quantitative estimate of drug-likeness (QED) is 0.561. The van der Waals surface area contributed by atoms with Crippen LogP contribution in [0, 0.1) is 0 Å². The van der Waals surface area contributed by atoms with Gasteiger partial charge in [-0.3, -0.25) is 4.79 Å². The second kappa shape index (κ2) is 8.43. The first kappa shape index (κ1) is 19.2. The SMILES string of the molecule is COC1CC(Oc2nc(SC)ncc2C(=O)Nc2c(Cl)cccc2Cl)C1. The molecule has 1 fully saturated rings. The highest BCUT2D eigenvalue weighted by Gasteiger charge is 2.32. The van der Waals surface area contributed by atoms with Gasteiger partial charge in [0.05, 0.1) is 21.8 Å². The van der Waals surface area contributed by atoms with E-state index in [0.29, 0.717) is 20.9 Å². The summed E-state index contributed by atoms with van der Waals surface area (Å²) in [4.78, 5) is 21.2. The third kappa shape index (κ3) is 4.23. The molecule has 1 aromatic heterocycles. The maximum atomic E-state index is 12.7. The van der Waals surface area contributed by atoms with E-state index in [1.807, 2.05) is 6.26 Å². The molecule has 26 heavy (non-hydrogen) atoms. The van der Waals surface area contributed by atoms with Gasteiger partial charge in [-0.15, -0.1) is 0 Å². The van der Waals surface area contributed by atoms with Crippen LogP contribution < -0.4 is 10.1 Å². The molecular weight excluding hydrogens is 397 g/mol. The van der Waals surface area contributed by atoms with Crippen molar-refractivity contribution in [3.05, 3.63) is 40.0 Å². The number of carbonyl (C=O) groups is 1. The van der Waals surface area contributed by atoms with Gasteiger partial charge < -0.3 is 14.8 Å². The first-order chi connectivity index (χ1) is 12.5. The van der Waals surface area contributed by atoms with Crippen molar-refractivity contribution in [3.8, 4) is 5.88 Å². The van der Waals surface area contributed by atoms with Crippen LogP contribution in [0.2, 0.25) is 10.0 Å². The van der Waals surface area contributed by atoms with Gasteiger partial charge in [0, 0.05) is 26.1 Å². The van der Waals surface area contributed by atoms with E-state index in [9.17, 15) is 4.79 Å². The fourth-order valence-corrected chi connectivity index (χ4v) is 3.28. The van der Waals surface area contributed by atoms with E-state index in [1.165, 1.54) is 18.0 Å². The Bertz CT molecular complexity index is 796. The molecule has 1 amide bonds. The number of halogens is 2. The zero-order valence-electron chi connectivity index (χ0n) is 14.2. The number of hydrogen-bond acceptors (Lipinski definition) is 6. The minimum Gasteiger partial charge on any atom is -0.473 e. The predicted molar refractivity (Wildman–Crippen MR) is 103 cm³/mol. The van der Waals surface area contributed by atoms with Crippen LogP contribution in [-0.2, 0) is 4.74 Å². The standard InChI is InChI=1S/C17H17Cl2N3O3S/c1-24-9-6-10(7-9)25-16-11(8-20-17(22-16)26-2)15(23)21-14-12(18)4-3-5-13(14)19/h3-5,8-10H,6-7H2,1-2H3,(H,21,23). The maximum Gasteiger partial charge on any atom is 0.262 e. The van der Waals surface area contributed by atoms with E-state index in [2.05, 4.69) is 15.3 Å². The minimum absolute atomic E-state index is 0.0417. The van der Waals surface area contributed by atoms with Gasteiger partial charge >= 0.3 is 0 Å². The first-order valence-corrected chi connectivity index (χ1v) is 9.85. The van der Waals surface area contributed by atoms with Crippen molar-refractivity contribution in [3.63, 3.8) is 0 Å². The van der Waals surface area contributed by atoms with Crippen LogP contribution in [0.4, 0.5) is 5.69 Å². The van der Waals surface area contributed by atoms with Crippen LogP contribution in [-0.4, -0.2) is 41.4 Å². The van der Waals surface area contributed by atoms with Crippen molar-refractivity contribution in [2.24, 2.45) is 0 Å². The van der Waals surface area contributed by atoms with E-state index in [-0.39, 0.29) is 23.7 Å². The summed E-state index contributed by atoms with van der Waals surface area (Å²) in [7, 11) is 1.67. The summed E-state index contributed by atoms with van der Waals surface area (Å²) < 4.78 is 11.2. The molecule has 0 bridgehead atoms. The molecule has 0 saturated heterocycles. The number of ether oxygens (including phenoxy) is 2. The molecule has 2 aromatic rings. The zero-order chi connectivity index (χ0) is 18.7. The average molecular weight is 414 g/mol. The topological polar surface area (TPSA) is 73.3 Å². The van der Waals surface area contributed by atoms with Crippen molar-refractivity contribution >= 4 is 46.6 Å². The van der Waals surface area contributed by atoms with Crippen LogP contribution in [0.15, 0.2) is 29.6 Å². The largest absolute Gasteiger partial charge is 0.473 e. The van der Waals surface area contributed by atoms with Gasteiger partial charge in [0.15, 0.2) is 5.16 Å². The fourth-order valence-electron chi connectivity index (χ4n) is 2.46. The Morgan fingerprint density at radius 3 is 2.58 bits per heavy atom. The highest BCUT2D eigenvalue weighted by Crippen LogP contribution is 2.32. The van der Waals surface area contributed by atoms with Crippen LogP contribution in [0.5, 0.6) is 5.88 Å². The Labute approximate surface area is 165 Å². The van der Waals surface area contributed by atoms with Gasteiger partial charge in [0.25, 0.3) is 5.91 Å². The van der Waals surface area contributed by atoms with E-state index < -0.39 is 5.91 Å². The molecule has 0 unspecified atom stereocenters. The molecule has 6 nitrogen and oxygen atoms in total. The Hall–Kier alpha value is -1.54. The number of aromatic nitrogens is 2. The smallest absolute Gasteiger partial charge is 0.262 e. The van der Waals surface area contributed by atoms with Gasteiger partial charge in [-0.1, -0.05) is 41.0 Å². The van der Waals surface area contributed by atoms with E-state index in [1.54, 1.807) is 25.3 Å². The van der Waals surface area contributed by atoms with Crippen molar-refractivity contribution in [2.45, 2.75) is 30.2 Å². The first-order valence-electron chi connectivity index (χ1n) is 7.87. The Morgan fingerprint density at radius 1 is 1.27 bits per heavy atom. The number of anilines is 1. The number of benzene rings is 1. The zero-order valence-corrected chi connectivity index (χ0v) is 16.5. The average Bonchev–Trinajstić information content (AvgIpc) is 2.60. The second-order valence-corrected chi connectivity index (χ2v) is 7.28. The Morgan fingerprint density at radius 2 is 1.96 bits per heavy atom. The molecule has 138 valence electrons. The van der Waals surface area contributed by atoms with Crippen molar-refractivity contribution < 1.29 is 14.3 Å². The third-order valence-electron chi connectivity index (χ3n) is 4.02. The highest BCUT2D eigenvalue weighted by atomic mass is 35.5. The number of rotatable bonds is 6. The van der Waals surface area contributed by atoms with Gasteiger partial charge in [-0.25, -0.2) is 4.98 Å². The highest BCUT2D eigenvalue weighted by molar-refractivity contribution is 7.98. The molecule has 0 spiro atoms. The molecule has 0 aliphatic heterocycles. The predicted octanol–water partition coefficient (Wildman–Crippen LogP) is 4.31. The van der Waals surface area contributed by atoms with Crippen LogP contribution >= 0.6 is 35.0 Å². The number of nitrogens with zero attached hydrogens (tertiary/aromatic N) is 2. The minimum atomic E-state index is -0.440. The number of para-hydroxylation sites is 1. The number of hydrogen-bond donors (Lipinski definition) is 1. The molecule has 1 N–H and O–H groups in total.